The lowest BCUT2D eigenvalue weighted by Crippen LogP contribution is -2.44. The summed E-state index contributed by atoms with van der Waals surface area (Å²) in [7, 11) is 2.19. The van der Waals surface area contributed by atoms with Crippen molar-refractivity contribution in [1.29, 1.82) is 0 Å². The van der Waals surface area contributed by atoms with Crippen molar-refractivity contribution >= 4 is 5.91 Å². The number of rotatable bonds is 7. The van der Waals surface area contributed by atoms with E-state index in [9.17, 15) is 4.79 Å². The first-order valence-corrected chi connectivity index (χ1v) is 8.95. The van der Waals surface area contributed by atoms with Crippen LogP contribution in [0, 0.1) is 0 Å². The molecule has 1 aliphatic heterocycles. The van der Waals surface area contributed by atoms with Gasteiger partial charge in [0.1, 0.15) is 0 Å². The zero-order valence-corrected chi connectivity index (χ0v) is 14.3. The quantitative estimate of drug-likeness (QED) is 0.780. The molecule has 126 valence electrons. The first-order chi connectivity index (χ1) is 11.2. The molecule has 1 aromatic carbocycles. The van der Waals surface area contributed by atoms with Crippen LogP contribution in [0.3, 0.4) is 0 Å². The van der Waals surface area contributed by atoms with Gasteiger partial charge in [0.25, 0.3) is 0 Å². The second-order valence-electron chi connectivity index (χ2n) is 7.06. The normalized spacial score (nSPS) is 21.1. The Morgan fingerprint density at radius 1 is 1.09 bits per heavy atom. The molecule has 0 bridgehead atoms. The lowest BCUT2D eigenvalue weighted by atomic mass is 9.95. The van der Waals surface area contributed by atoms with Crippen LogP contribution in [0.4, 0.5) is 0 Å². The average molecular weight is 315 g/mol. The molecule has 0 unspecified atom stereocenters. The number of nitrogens with one attached hydrogen (secondary N) is 1. The van der Waals surface area contributed by atoms with Crippen LogP contribution in [-0.2, 0) is 10.2 Å². The van der Waals surface area contributed by atoms with Gasteiger partial charge in [0.2, 0.25) is 5.91 Å². The molecule has 2 aliphatic rings. The summed E-state index contributed by atoms with van der Waals surface area (Å²) in [5.74, 6) is 0.225. The van der Waals surface area contributed by atoms with E-state index in [1.807, 2.05) is 18.2 Å². The fraction of sp³-hybridized carbons (Fsp3) is 0.632. The summed E-state index contributed by atoms with van der Waals surface area (Å²) < 4.78 is 0. The minimum atomic E-state index is -0.223. The third-order valence-electron chi connectivity index (χ3n) is 5.29. The Morgan fingerprint density at radius 2 is 1.78 bits per heavy atom. The van der Waals surface area contributed by atoms with Gasteiger partial charge in [-0.15, -0.1) is 0 Å². The monoisotopic (exact) mass is 315 g/mol. The van der Waals surface area contributed by atoms with Gasteiger partial charge in [-0.3, -0.25) is 4.79 Å². The Morgan fingerprint density at radius 3 is 2.43 bits per heavy atom. The van der Waals surface area contributed by atoms with E-state index in [1.54, 1.807) is 0 Å². The average Bonchev–Trinajstić information content (AvgIpc) is 3.39. The number of carbonyl (C=O) groups is 1. The summed E-state index contributed by atoms with van der Waals surface area (Å²) in [5.41, 5.74) is 0.952. The van der Waals surface area contributed by atoms with E-state index in [-0.39, 0.29) is 11.3 Å². The predicted octanol–water partition coefficient (Wildman–Crippen LogP) is 1.86. The topological polar surface area (TPSA) is 35.6 Å². The van der Waals surface area contributed by atoms with Gasteiger partial charge in [-0.05, 0) is 44.8 Å². The molecule has 2 fully saturated rings. The van der Waals surface area contributed by atoms with Crippen LogP contribution in [0.5, 0.6) is 0 Å². The molecule has 4 nitrogen and oxygen atoms in total. The zero-order chi connectivity index (χ0) is 16.1. The standard InChI is InChI=1S/C19H29N3O/c1-21-13-15-22(16-14-21)12-6-5-11-20-18(23)19(9-10-19)17-7-3-2-4-8-17/h2-4,7-8H,5-6,9-16H2,1H3,(H,20,23). The number of unbranched alkanes of at least 4 members (excludes halogenated alkanes) is 1. The predicted molar refractivity (Wildman–Crippen MR) is 93.5 cm³/mol. The molecule has 1 aliphatic carbocycles. The van der Waals surface area contributed by atoms with Crippen molar-refractivity contribution in [2.24, 2.45) is 0 Å². The number of hydrogen-bond donors (Lipinski definition) is 1. The van der Waals surface area contributed by atoms with Gasteiger partial charge in [-0.1, -0.05) is 30.3 Å². The van der Waals surface area contributed by atoms with Gasteiger partial charge in [0, 0.05) is 32.7 Å². The Balaban J connectivity index is 1.34. The molecule has 23 heavy (non-hydrogen) atoms. The molecule has 0 spiro atoms. The van der Waals surface area contributed by atoms with E-state index >= 15 is 0 Å². The minimum Gasteiger partial charge on any atom is -0.355 e. The van der Waals surface area contributed by atoms with Gasteiger partial charge in [0.15, 0.2) is 0 Å². The molecule has 0 atom stereocenters. The second kappa shape index (κ2) is 7.45. The van der Waals surface area contributed by atoms with Gasteiger partial charge in [-0.25, -0.2) is 0 Å². The lowest BCUT2D eigenvalue weighted by molar-refractivity contribution is -0.123. The lowest BCUT2D eigenvalue weighted by Gasteiger charge is -2.32. The molecular weight excluding hydrogens is 286 g/mol. The van der Waals surface area contributed by atoms with Crippen LogP contribution < -0.4 is 5.32 Å². The molecule has 1 saturated carbocycles. The van der Waals surface area contributed by atoms with Crippen molar-refractivity contribution in [2.75, 3.05) is 46.3 Å². The highest BCUT2D eigenvalue weighted by atomic mass is 16.2. The Hall–Kier alpha value is -1.39. The van der Waals surface area contributed by atoms with Gasteiger partial charge in [0.05, 0.1) is 5.41 Å². The van der Waals surface area contributed by atoms with Crippen LogP contribution in [0.1, 0.15) is 31.2 Å². The van der Waals surface area contributed by atoms with Crippen molar-refractivity contribution in [2.45, 2.75) is 31.1 Å². The molecule has 1 saturated heterocycles. The molecule has 1 amide bonds. The van der Waals surface area contributed by atoms with Gasteiger partial charge >= 0.3 is 0 Å². The second-order valence-corrected chi connectivity index (χ2v) is 7.06. The van der Waals surface area contributed by atoms with Crippen molar-refractivity contribution in [3.63, 3.8) is 0 Å². The fourth-order valence-corrected chi connectivity index (χ4v) is 3.43. The summed E-state index contributed by atoms with van der Waals surface area (Å²) >= 11 is 0. The molecule has 1 N–H and O–H groups in total. The Labute approximate surface area is 139 Å². The molecule has 1 heterocycles. The summed E-state index contributed by atoms with van der Waals surface area (Å²) in [6, 6.07) is 10.2. The number of hydrogen-bond acceptors (Lipinski definition) is 3. The maximum absolute atomic E-state index is 12.5. The summed E-state index contributed by atoms with van der Waals surface area (Å²) in [5, 5.41) is 3.16. The van der Waals surface area contributed by atoms with E-state index in [2.05, 4.69) is 34.3 Å². The highest BCUT2D eigenvalue weighted by Gasteiger charge is 2.50. The number of amides is 1. The van der Waals surface area contributed by atoms with Crippen LogP contribution in [-0.4, -0.2) is 62.0 Å². The molecule has 3 rings (SSSR count). The molecule has 1 aromatic rings. The molecule has 0 aromatic heterocycles. The fourth-order valence-electron chi connectivity index (χ4n) is 3.43. The van der Waals surface area contributed by atoms with E-state index in [0.717, 1.165) is 32.4 Å². The highest BCUT2D eigenvalue weighted by molar-refractivity contribution is 5.91. The third-order valence-corrected chi connectivity index (χ3v) is 5.29. The Kier molecular flexibility index (Phi) is 5.34. The SMILES string of the molecule is CN1CCN(CCCCNC(=O)C2(c3ccccc3)CC2)CC1. The van der Waals surface area contributed by atoms with E-state index in [0.29, 0.717) is 0 Å². The summed E-state index contributed by atoms with van der Waals surface area (Å²) in [4.78, 5) is 17.4. The zero-order valence-electron chi connectivity index (χ0n) is 14.3. The van der Waals surface area contributed by atoms with Crippen molar-refractivity contribution in [1.82, 2.24) is 15.1 Å². The number of likely N-dealkylation sites (N-methyl/N-ethyl adjacent to an activating group) is 1. The van der Waals surface area contributed by atoms with Crippen LogP contribution >= 0.6 is 0 Å². The highest BCUT2D eigenvalue weighted by Crippen LogP contribution is 2.48. The smallest absolute Gasteiger partial charge is 0.230 e. The number of piperazine rings is 1. The maximum atomic E-state index is 12.5. The molecular formula is C19H29N3O. The van der Waals surface area contributed by atoms with Crippen LogP contribution in [0.15, 0.2) is 30.3 Å². The van der Waals surface area contributed by atoms with E-state index < -0.39 is 0 Å². The number of benzene rings is 1. The van der Waals surface area contributed by atoms with Gasteiger partial charge < -0.3 is 15.1 Å². The summed E-state index contributed by atoms with van der Waals surface area (Å²) in [6.07, 6.45) is 4.22. The molecule has 4 heteroatoms. The van der Waals surface area contributed by atoms with Crippen molar-refractivity contribution < 1.29 is 4.79 Å². The molecule has 0 radical (unpaired) electrons. The van der Waals surface area contributed by atoms with E-state index in [4.69, 9.17) is 0 Å². The largest absolute Gasteiger partial charge is 0.355 e. The van der Waals surface area contributed by atoms with Crippen molar-refractivity contribution in [3.8, 4) is 0 Å². The Bertz CT molecular complexity index is 505. The first-order valence-electron chi connectivity index (χ1n) is 8.95. The number of nitrogens with zero attached hydrogens (tertiary/aromatic N) is 2. The summed E-state index contributed by atoms with van der Waals surface area (Å²) in [6.45, 7) is 6.68. The van der Waals surface area contributed by atoms with E-state index in [1.165, 1.54) is 38.2 Å². The third kappa shape index (κ3) is 4.12. The number of carbonyl (C=O) groups excluding carboxylic acids is 1. The van der Waals surface area contributed by atoms with Crippen LogP contribution in [0.2, 0.25) is 0 Å². The maximum Gasteiger partial charge on any atom is 0.230 e. The van der Waals surface area contributed by atoms with Crippen LogP contribution in [0.25, 0.3) is 0 Å². The minimum absolute atomic E-state index is 0.223. The van der Waals surface area contributed by atoms with Gasteiger partial charge in [-0.2, -0.15) is 0 Å². The first kappa shape index (κ1) is 16.5. The van der Waals surface area contributed by atoms with Crippen molar-refractivity contribution in [3.05, 3.63) is 35.9 Å².